The number of aromatic nitrogens is 3. The average Bonchev–Trinajstić information content (AvgIpc) is 3.70. The number of carbonyl (C=O) groups excluding carboxylic acids is 3. The lowest BCUT2D eigenvalue weighted by molar-refractivity contribution is 0.0572. The number of alkyl carbamates (subject to hydrolysis) is 1. The number of nitrogens with zero attached hydrogens (tertiary/aromatic N) is 5. The number of amides is 3. The van der Waals surface area contributed by atoms with Gasteiger partial charge in [-0.25, -0.2) is 14.6 Å². The lowest BCUT2D eigenvalue weighted by atomic mass is 9.97. The maximum atomic E-state index is 13.6. The van der Waals surface area contributed by atoms with Crippen molar-refractivity contribution in [1.29, 1.82) is 0 Å². The van der Waals surface area contributed by atoms with Crippen LogP contribution in [-0.2, 0) is 16.5 Å². The first kappa shape index (κ1) is 31.3. The summed E-state index contributed by atoms with van der Waals surface area (Å²) in [5.41, 5.74) is 1.62. The Hall–Kier alpha value is -3.61. The summed E-state index contributed by atoms with van der Waals surface area (Å²) in [5, 5.41) is 10.7. The van der Waals surface area contributed by atoms with E-state index in [0.29, 0.717) is 29.8 Å². The molecule has 2 aromatic rings. The van der Waals surface area contributed by atoms with Crippen molar-refractivity contribution in [3.63, 3.8) is 0 Å². The molecule has 2 N–H and O–H groups in total. The second-order valence-electron chi connectivity index (χ2n) is 11.7. The average molecular weight is 602 g/mol. The first-order chi connectivity index (χ1) is 20.1. The molecular weight excluding hydrogens is 558 g/mol. The van der Waals surface area contributed by atoms with Crippen molar-refractivity contribution in [3.8, 4) is 0 Å². The predicted molar refractivity (Wildman–Crippen MR) is 163 cm³/mol. The lowest BCUT2D eigenvalue weighted by Crippen LogP contribution is -2.42. The summed E-state index contributed by atoms with van der Waals surface area (Å²) in [5.74, 6) is 0.720. The van der Waals surface area contributed by atoms with E-state index in [1.165, 1.54) is 11.3 Å². The van der Waals surface area contributed by atoms with E-state index >= 15 is 0 Å². The summed E-state index contributed by atoms with van der Waals surface area (Å²) in [7, 11) is 1.84. The van der Waals surface area contributed by atoms with Gasteiger partial charge in [-0.3, -0.25) is 14.4 Å². The summed E-state index contributed by atoms with van der Waals surface area (Å²) in [4.78, 5) is 46.9. The zero-order valence-electron chi connectivity index (χ0n) is 25.2. The van der Waals surface area contributed by atoms with Crippen molar-refractivity contribution in [3.05, 3.63) is 29.6 Å². The Labute approximate surface area is 251 Å². The second-order valence-corrected chi connectivity index (χ2v) is 12.5. The normalized spacial score (nSPS) is 17.3. The molecule has 2 aromatic heterocycles. The molecule has 0 saturated carbocycles. The van der Waals surface area contributed by atoms with Crippen LogP contribution in [0.5, 0.6) is 0 Å². The largest absolute Gasteiger partial charge is 0.450 e. The van der Waals surface area contributed by atoms with E-state index in [4.69, 9.17) is 9.47 Å². The molecule has 0 bridgehead atoms. The Kier molecular flexibility index (Phi) is 10.5. The number of hydrogen-bond acceptors (Lipinski definition) is 9. The van der Waals surface area contributed by atoms with Crippen LogP contribution in [0.4, 0.5) is 26.1 Å². The molecule has 0 aromatic carbocycles. The van der Waals surface area contributed by atoms with E-state index in [0.717, 1.165) is 57.4 Å². The topological polar surface area (TPSA) is 131 Å². The number of anilines is 3. The van der Waals surface area contributed by atoms with Crippen molar-refractivity contribution in [2.75, 3.05) is 41.4 Å². The number of unbranched alkanes of at least 4 members (excludes halogenated alkanes) is 1. The van der Waals surface area contributed by atoms with Gasteiger partial charge in [-0.05, 0) is 58.8 Å². The number of rotatable bonds is 10. The third-order valence-electron chi connectivity index (χ3n) is 7.23. The van der Waals surface area contributed by atoms with Crippen molar-refractivity contribution < 1.29 is 23.9 Å². The smallest absolute Gasteiger partial charge is 0.416 e. The third-order valence-corrected chi connectivity index (χ3v) is 8.05. The molecule has 2 aliphatic rings. The minimum atomic E-state index is -0.684. The Bertz CT molecular complexity index is 1260. The fourth-order valence-corrected chi connectivity index (χ4v) is 5.93. The number of piperidine rings is 1. The summed E-state index contributed by atoms with van der Waals surface area (Å²) in [6.07, 6.45) is 9.95. The molecule has 1 fully saturated rings. The first-order valence-corrected chi connectivity index (χ1v) is 15.6. The van der Waals surface area contributed by atoms with Gasteiger partial charge >= 0.3 is 12.2 Å². The number of carbonyl (C=O) groups is 3. The molecule has 1 saturated heterocycles. The van der Waals surface area contributed by atoms with E-state index in [-0.39, 0.29) is 17.8 Å². The monoisotopic (exact) mass is 601 g/mol. The molecule has 1 aliphatic heterocycles. The van der Waals surface area contributed by atoms with Crippen LogP contribution >= 0.6 is 11.3 Å². The van der Waals surface area contributed by atoms with Crippen LogP contribution in [0.2, 0.25) is 0 Å². The molecule has 1 unspecified atom stereocenters. The fraction of sp³-hybridized carbons (Fsp3) is 0.621. The molecule has 12 nitrogen and oxygen atoms in total. The van der Waals surface area contributed by atoms with Gasteiger partial charge in [-0.15, -0.1) is 11.3 Å². The highest BCUT2D eigenvalue weighted by molar-refractivity contribution is 7.14. The number of aryl methyl sites for hydroxylation is 1. The van der Waals surface area contributed by atoms with Crippen LogP contribution in [0.3, 0.4) is 0 Å². The third kappa shape index (κ3) is 8.02. The van der Waals surface area contributed by atoms with Gasteiger partial charge in [0.2, 0.25) is 0 Å². The summed E-state index contributed by atoms with van der Waals surface area (Å²) >= 11 is 1.24. The van der Waals surface area contributed by atoms with Gasteiger partial charge in [0, 0.05) is 26.7 Å². The van der Waals surface area contributed by atoms with Gasteiger partial charge < -0.3 is 25.0 Å². The molecule has 0 spiro atoms. The van der Waals surface area contributed by atoms with Gasteiger partial charge in [-0.2, -0.15) is 5.10 Å². The van der Waals surface area contributed by atoms with Gasteiger partial charge in [0.1, 0.15) is 16.3 Å². The highest BCUT2D eigenvalue weighted by Gasteiger charge is 2.34. The molecule has 42 heavy (non-hydrogen) atoms. The molecule has 1 atom stereocenters. The van der Waals surface area contributed by atoms with Crippen LogP contribution in [0.15, 0.2) is 23.9 Å². The molecular formula is C29H43N7O5S. The molecule has 4 rings (SSSR count). The molecule has 3 heterocycles. The quantitative estimate of drug-likeness (QED) is 0.276. The van der Waals surface area contributed by atoms with Crippen molar-refractivity contribution in [2.45, 2.75) is 77.9 Å². The number of thiazole rings is 1. The van der Waals surface area contributed by atoms with Gasteiger partial charge in [-0.1, -0.05) is 25.5 Å². The Morgan fingerprint density at radius 3 is 2.62 bits per heavy atom. The molecule has 1 aliphatic carbocycles. The van der Waals surface area contributed by atoms with E-state index in [1.54, 1.807) is 21.3 Å². The number of hydrogen-bond donors (Lipinski definition) is 2. The number of ether oxygens (including phenoxy) is 2. The SMILES string of the molecule is CCCCOC(=O)NCC1CCN(c2c(NC(=O)c3ncsc3N(C(=O)OC(C)(C)C)C3C=CCC3)cnn2C)CC1. The Morgan fingerprint density at radius 1 is 1.19 bits per heavy atom. The van der Waals surface area contributed by atoms with Crippen LogP contribution in [-0.4, -0.2) is 70.7 Å². The van der Waals surface area contributed by atoms with Crippen LogP contribution in [0.25, 0.3) is 0 Å². The van der Waals surface area contributed by atoms with E-state index in [9.17, 15) is 14.4 Å². The molecule has 3 amide bonds. The maximum absolute atomic E-state index is 13.6. The Balaban J connectivity index is 1.42. The molecule has 230 valence electrons. The zero-order valence-corrected chi connectivity index (χ0v) is 26.0. The Morgan fingerprint density at radius 2 is 1.95 bits per heavy atom. The predicted octanol–water partition coefficient (Wildman–Crippen LogP) is 5.33. The van der Waals surface area contributed by atoms with E-state index in [1.807, 2.05) is 40.0 Å². The second kappa shape index (κ2) is 14.0. The van der Waals surface area contributed by atoms with E-state index in [2.05, 4.69) is 32.5 Å². The van der Waals surface area contributed by atoms with Gasteiger partial charge in [0.25, 0.3) is 5.91 Å². The fourth-order valence-electron chi connectivity index (χ4n) is 5.09. The van der Waals surface area contributed by atoms with E-state index < -0.39 is 17.6 Å². The van der Waals surface area contributed by atoms with Crippen molar-refractivity contribution in [2.24, 2.45) is 13.0 Å². The summed E-state index contributed by atoms with van der Waals surface area (Å²) in [6.45, 7) is 10.0. The lowest BCUT2D eigenvalue weighted by Gasteiger charge is -2.34. The van der Waals surface area contributed by atoms with Crippen LogP contribution in [0, 0.1) is 5.92 Å². The highest BCUT2D eigenvalue weighted by Crippen LogP contribution is 2.34. The summed E-state index contributed by atoms with van der Waals surface area (Å²) in [6, 6.07) is -0.213. The standard InChI is InChI=1S/C29H43N7O5S/c1-6-7-16-40-27(38)30-17-20-12-14-35(15-13-20)25-22(18-32-34(25)5)33-24(37)23-26(42-19-31-23)36(21-10-8-9-11-21)28(39)41-29(2,3)4/h8,10,18-21H,6-7,9,11-17H2,1-5H3,(H,30,38)(H,33,37). The summed E-state index contributed by atoms with van der Waals surface area (Å²) < 4.78 is 12.6. The maximum Gasteiger partial charge on any atom is 0.416 e. The van der Waals surface area contributed by atoms with Crippen LogP contribution < -0.4 is 20.4 Å². The zero-order chi connectivity index (χ0) is 30.3. The molecule has 0 radical (unpaired) electrons. The van der Waals surface area contributed by atoms with Gasteiger partial charge in [0.15, 0.2) is 11.5 Å². The molecule has 13 heteroatoms. The van der Waals surface area contributed by atoms with Crippen LogP contribution in [0.1, 0.15) is 76.7 Å². The number of allylic oxidation sites excluding steroid dienone is 1. The minimum Gasteiger partial charge on any atom is -0.450 e. The minimum absolute atomic E-state index is 0.163. The highest BCUT2D eigenvalue weighted by atomic mass is 32.1. The number of nitrogens with one attached hydrogen (secondary N) is 2. The first-order valence-electron chi connectivity index (χ1n) is 14.7. The van der Waals surface area contributed by atoms with Crippen molar-refractivity contribution >= 4 is 45.9 Å². The van der Waals surface area contributed by atoms with Crippen molar-refractivity contribution in [1.82, 2.24) is 20.1 Å². The van der Waals surface area contributed by atoms with Gasteiger partial charge in [0.05, 0.1) is 24.4 Å².